The molecule has 0 aliphatic rings. The van der Waals surface area contributed by atoms with Crippen LogP contribution in [0.3, 0.4) is 0 Å². The third kappa shape index (κ3) is 5.19. The molecule has 16 heavy (non-hydrogen) atoms. The summed E-state index contributed by atoms with van der Waals surface area (Å²) in [5, 5.41) is 2.64. The maximum absolute atomic E-state index is 12.9. The van der Waals surface area contributed by atoms with E-state index in [-0.39, 0.29) is 6.42 Å². The van der Waals surface area contributed by atoms with Gasteiger partial charge >= 0.3 is 6.18 Å². The lowest BCUT2D eigenvalue weighted by Crippen LogP contribution is -2.54. The number of halogens is 3. The topological polar surface area (TPSA) is 12.0 Å². The van der Waals surface area contributed by atoms with Gasteiger partial charge in [0.2, 0.25) is 0 Å². The molecule has 0 aliphatic heterocycles. The number of unbranched alkanes of at least 4 members (excludes halogenated alkanes) is 3. The number of nitrogens with one attached hydrogen (secondary N) is 1. The number of hydrogen-bond acceptors (Lipinski definition) is 1. The summed E-state index contributed by atoms with van der Waals surface area (Å²) < 4.78 is 38.6. The van der Waals surface area contributed by atoms with Gasteiger partial charge < -0.3 is 5.32 Å². The summed E-state index contributed by atoms with van der Waals surface area (Å²) in [7, 11) is 0. The zero-order valence-corrected chi connectivity index (χ0v) is 10.6. The molecule has 0 aromatic heterocycles. The van der Waals surface area contributed by atoms with Crippen LogP contribution in [-0.4, -0.2) is 18.3 Å². The minimum absolute atomic E-state index is 0.177. The van der Waals surface area contributed by atoms with Crippen LogP contribution in [0.15, 0.2) is 0 Å². The van der Waals surface area contributed by atoms with Gasteiger partial charge in [-0.2, -0.15) is 13.2 Å². The molecule has 0 radical (unpaired) electrons. The molecule has 0 amide bonds. The molecular formula is C12H24F3N. The van der Waals surface area contributed by atoms with Gasteiger partial charge in [0.25, 0.3) is 0 Å². The van der Waals surface area contributed by atoms with Crippen LogP contribution in [0.4, 0.5) is 13.2 Å². The van der Waals surface area contributed by atoms with E-state index >= 15 is 0 Å². The van der Waals surface area contributed by atoms with E-state index in [1.165, 1.54) is 6.92 Å². The van der Waals surface area contributed by atoms with Crippen molar-refractivity contribution in [2.45, 2.75) is 71.0 Å². The highest BCUT2D eigenvalue weighted by atomic mass is 19.4. The molecule has 0 saturated heterocycles. The van der Waals surface area contributed by atoms with Crippen molar-refractivity contribution < 1.29 is 13.2 Å². The number of hydrogen-bond donors (Lipinski definition) is 1. The van der Waals surface area contributed by atoms with Gasteiger partial charge in [-0.05, 0) is 26.3 Å². The van der Waals surface area contributed by atoms with Gasteiger partial charge in [-0.15, -0.1) is 0 Å². The molecule has 98 valence electrons. The standard InChI is InChI=1S/C12H24F3N/c1-4-6-7-8-9-11(3,12(13,14)15)16-10-5-2/h16H,4-10H2,1-3H3. The molecule has 4 heteroatoms. The summed E-state index contributed by atoms with van der Waals surface area (Å²) in [4.78, 5) is 0. The molecule has 0 saturated carbocycles. The molecule has 0 fully saturated rings. The molecule has 0 aromatic carbocycles. The normalized spacial score (nSPS) is 16.1. The summed E-state index contributed by atoms with van der Waals surface area (Å²) >= 11 is 0. The first-order valence-corrected chi connectivity index (χ1v) is 6.19. The van der Waals surface area contributed by atoms with Gasteiger partial charge in [0.1, 0.15) is 5.54 Å². The average molecular weight is 239 g/mol. The molecule has 1 nitrogen and oxygen atoms in total. The summed E-state index contributed by atoms with van der Waals surface area (Å²) in [5.41, 5.74) is -1.71. The molecule has 0 aliphatic carbocycles. The molecular weight excluding hydrogens is 215 g/mol. The molecule has 0 bridgehead atoms. The highest BCUT2D eigenvalue weighted by Crippen LogP contribution is 2.34. The van der Waals surface area contributed by atoms with E-state index in [4.69, 9.17) is 0 Å². The Morgan fingerprint density at radius 2 is 1.56 bits per heavy atom. The van der Waals surface area contributed by atoms with Crippen LogP contribution in [0.1, 0.15) is 59.3 Å². The Kier molecular flexibility index (Phi) is 7.04. The maximum Gasteiger partial charge on any atom is 0.406 e. The van der Waals surface area contributed by atoms with E-state index < -0.39 is 11.7 Å². The summed E-state index contributed by atoms with van der Waals surface area (Å²) in [6, 6.07) is 0. The Bertz CT molecular complexity index is 180. The fraction of sp³-hybridized carbons (Fsp3) is 1.00. The van der Waals surface area contributed by atoms with Crippen LogP contribution in [0.2, 0.25) is 0 Å². The fourth-order valence-corrected chi connectivity index (χ4v) is 1.64. The third-order valence-electron chi connectivity index (χ3n) is 2.92. The predicted molar refractivity (Wildman–Crippen MR) is 61.5 cm³/mol. The van der Waals surface area contributed by atoms with Gasteiger partial charge in [-0.25, -0.2) is 0 Å². The maximum atomic E-state index is 12.9. The number of rotatable bonds is 8. The molecule has 0 aromatic rings. The van der Waals surface area contributed by atoms with Gasteiger partial charge in [0, 0.05) is 0 Å². The first-order chi connectivity index (χ1) is 7.37. The van der Waals surface area contributed by atoms with Gasteiger partial charge in [-0.3, -0.25) is 0 Å². The van der Waals surface area contributed by atoms with Crippen LogP contribution in [-0.2, 0) is 0 Å². The summed E-state index contributed by atoms with van der Waals surface area (Å²) in [6.07, 6.45) is 0.328. The van der Waals surface area contributed by atoms with Crippen molar-refractivity contribution in [2.75, 3.05) is 6.54 Å². The van der Waals surface area contributed by atoms with Gasteiger partial charge in [-0.1, -0.05) is 39.5 Å². The third-order valence-corrected chi connectivity index (χ3v) is 2.92. The van der Waals surface area contributed by atoms with Crippen LogP contribution in [0.5, 0.6) is 0 Å². The Morgan fingerprint density at radius 3 is 2.00 bits per heavy atom. The van der Waals surface area contributed by atoms with Crippen molar-refractivity contribution in [3.05, 3.63) is 0 Å². The predicted octanol–water partition coefficient (Wildman–Crippen LogP) is 4.28. The zero-order valence-electron chi connectivity index (χ0n) is 10.6. The minimum Gasteiger partial charge on any atom is -0.304 e. The van der Waals surface area contributed by atoms with E-state index in [0.717, 1.165) is 25.7 Å². The van der Waals surface area contributed by atoms with Gasteiger partial charge in [0.15, 0.2) is 0 Å². The van der Waals surface area contributed by atoms with Crippen LogP contribution in [0.25, 0.3) is 0 Å². The van der Waals surface area contributed by atoms with E-state index in [0.29, 0.717) is 13.0 Å². The van der Waals surface area contributed by atoms with Gasteiger partial charge in [0.05, 0.1) is 0 Å². The smallest absolute Gasteiger partial charge is 0.304 e. The largest absolute Gasteiger partial charge is 0.406 e. The summed E-state index contributed by atoms with van der Waals surface area (Å²) in [5.74, 6) is 0. The second kappa shape index (κ2) is 7.15. The molecule has 0 rings (SSSR count). The van der Waals surface area contributed by atoms with Crippen LogP contribution < -0.4 is 5.32 Å². The van der Waals surface area contributed by atoms with Crippen molar-refractivity contribution in [1.82, 2.24) is 5.32 Å². The summed E-state index contributed by atoms with van der Waals surface area (Å²) in [6.45, 7) is 5.62. The fourth-order valence-electron chi connectivity index (χ4n) is 1.64. The zero-order chi connectivity index (χ0) is 12.7. The van der Waals surface area contributed by atoms with E-state index in [1.54, 1.807) is 0 Å². The SMILES string of the molecule is CCCCCCC(C)(NCCC)C(F)(F)F. The van der Waals surface area contributed by atoms with Crippen molar-refractivity contribution in [1.29, 1.82) is 0 Å². The second-order valence-corrected chi connectivity index (χ2v) is 4.57. The Morgan fingerprint density at radius 1 is 0.938 bits per heavy atom. The van der Waals surface area contributed by atoms with Crippen molar-refractivity contribution in [3.63, 3.8) is 0 Å². The lowest BCUT2D eigenvalue weighted by molar-refractivity contribution is -0.193. The lowest BCUT2D eigenvalue weighted by atomic mass is 9.93. The van der Waals surface area contributed by atoms with E-state index in [2.05, 4.69) is 12.2 Å². The first kappa shape index (κ1) is 15.8. The molecule has 0 spiro atoms. The lowest BCUT2D eigenvalue weighted by Gasteiger charge is -2.33. The molecule has 1 atom stereocenters. The van der Waals surface area contributed by atoms with Crippen molar-refractivity contribution >= 4 is 0 Å². The Hall–Kier alpha value is -0.250. The van der Waals surface area contributed by atoms with Crippen LogP contribution >= 0.6 is 0 Å². The Labute approximate surface area is 96.8 Å². The highest BCUT2D eigenvalue weighted by Gasteiger charge is 2.49. The highest BCUT2D eigenvalue weighted by molar-refractivity contribution is 4.90. The number of alkyl halides is 3. The van der Waals surface area contributed by atoms with E-state index in [1.807, 2.05) is 6.92 Å². The van der Waals surface area contributed by atoms with Crippen LogP contribution in [0, 0.1) is 0 Å². The van der Waals surface area contributed by atoms with Crippen molar-refractivity contribution in [2.24, 2.45) is 0 Å². The minimum atomic E-state index is -4.16. The quantitative estimate of drug-likeness (QED) is 0.623. The van der Waals surface area contributed by atoms with Crippen molar-refractivity contribution in [3.8, 4) is 0 Å². The monoisotopic (exact) mass is 239 g/mol. The first-order valence-electron chi connectivity index (χ1n) is 6.19. The molecule has 1 unspecified atom stereocenters. The van der Waals surface area contributed by atoms with E-state index in [9.17, 15) is 13.2 Å². The second-order valence-electron chi connectivity index (χ2n) is 4.57. The molecule has 1 N–H and O–H groups in total. The molecule has 0 heterocycles. The average Bonchev–Trinajstić information content (AvgIpc) is 2.20. The Balaban J connectivity index is 4.20.